The molecule has 2 N–H and O–H groups in total. The molecule has 0 spiro atoms. The molecule has 0 amide bonds. The fourth-order valence-corrected chi connectivity index (χ4v) is 1.84. The summed E-state index contributed by atoms with van der Waals surface area (Å²) in [5, 5.41) is 6.58. The van der Waals surface area contributed by atoms with Crippen molar-refractivity contribution in [1.29, 1.82) is 0 Å². The highest BCUT2D eigenvalue weighted by molar-refractivity contribution is 5.79. The Balaban J connectivity index is 1.99. The molecule has 0 saturated carbocycles. The van der Waals surface area contributed by atoms with E-state index < -0.39 is 0 Å². The Morgan fingerprint density at radius 1 is 1.14 bits per heavy atom. The molecule has 0 aliphatic carbocycles. The SMILES string of the molecule is CN=C(NCCCOCCc1ccccc1)NCC(C)C. The summed E-state index contributed by atoms with van der Waals surface area (Å²) in [5.41, 5.74) is 1.33. The van der Waals surface area contributed by atoms with Crippen LogP contribution in [0, 0.1) is 5.92 Å². The Morgan fingerprint density at radius 3 is 2.57 bits per heavy atom. The van der Waals surface area contributed by atoms with E-state index in [9.17, 15) is 0 Å². The predicted octanol–water partition coefficient (Wildman–Crippen LogP) is 2.46. The van der Waals surface area contributed by atoms with Crippen molar-refractivity contribution in [3.8, 4) is 0 Å². The number of ether oxygens (including phenoxy) is 1. The van der Waals surface area contributed by atoms with Crippen LogP contribution in [0.5, 0.6) is 0 Å². The van der Waals surface area contributed by atoms with Crippen molar-refractivity contribution < 1.29 is 4.74 Å². The van der Waals surface area contributed by atoms with Crippen molar-refractivity contribution >= 4 is 5.96 Å². The molecule has 21 heavy (non-hydrogen) atoms. The fourth-order valence-electron chi connectivity index (χ4n) is 1.84. The number of hydrogen-bond acceptors (Lipinski definition) is 2. The van der Waals surface area contributed by atoms with Crippen LogP contribution in [0.15, 0.2) is 35.3 Å². The highest BCUT2D eigenvalue weighted by Gasteiger charge is 1.98. The Morgan fingerprint density at radius 2 is 1.90 bits per heavy atom. The molecule has 1 rings (SSSR count). The van der Waals surface area contributed by atoms with Gasteiger partial charge in [0.1, 0.15) is 0 Å². The highest BCUT2D eigenvalue weighted by atomic mass is 16.5. The van der Waals surface area contributed by atoms with Crippen LogP contribution >= 0.6 is 0 Å². The molecule has 0 heterocycles. The maximum absolute atomic E-state index is 5.65. The first-order valence-corrected chi connectivity index (χ1v) is 7.78. The minimum Gasteiger partial charge on any atom is -0.381 e. The van der Waals surface area contributed by atoms with Gasteiger partial charge in [0.25, 0.3) is 0 Å². The summed E-state index contributed by atoms with van der Waals surface area (Å²) in [6.07, 6.45) is 1.96. The average molecular weight is 291 g/mol. The number of rotatable bonds is 9. The summed E-state index contributed by atoms with van der Waals surface area (Å²) in [6.45, 7) is 7.74. The van der Waals surface area contributed by atoms with Gasteiger partial charge in [0.2, 0.25) is 0 Å². The van der Waals surface area contributed by atoms with E-state index in [0.29, 0.717) is 5.92 Å². The Labute approximate surface area is 129 Å². The Kier molecular flexibility index (Phi) is 9.29. The van der Waals surface area contributed by atoms with Gasteiger partial charge in [-0.25, -0.2) is 0 Å². The number of nitrogens with one attached hydrogen (secondary N) is 2. The molecule has 0 aromatic heterocycles. The van der Waals surface area contributed by atoms with E-state index in [1.807, 2.05) is 6.07 Å². The summed E-state index contributed by atoms with van der Waals surface area (Å²) in [5.74, 6) is 1.48. The summed E-state index contributed by atoms with van der Waals surface area (Å²) in [7, 11) is 1.80. The van der Waals surface area contributed by atoms with Crippen molar-refractivity contribution in [1.82, 2.24) is 10.6 Å². The first-order chi connectivity index (χ1) is 10.2. The van der Waals surface area contributed by atoms with Gasteiger partial charge in [-0.05, 0) is 24.3 Å². The third-order valence-electron chi connectivity index (χ3n) is 3.04. The number of aliphatic imine (C=N–C) groups is 1. The van der Waals surface area contributed by atoms with Crippen LogP contribution in [0.2, 0.25) is 0 Å². The maximum Gasteiger partial charge on any atom is 0.190 e. The van der Waals surface area contributed by atoms with E-state index in [1.54, 1.807) is 7.05 Å². The molecule has 0 aliphatic rings. The van der Waals surface area contributed by atoms with Crippen LogP contribution < -0.4 is 10.6 Å². The van der Waals surface area contributed by atoms with Gasteiger partial charge in [0.15, 0.2) is 5.96 Å². The van der Waals surface area contributed by atoms with Gasteiger partial charge < -0.3 is 15.4 Å². The van der Waals surface area contributed by atoms with Gasteiger partial charge in [0, 0.05) is 26.7 Å². The van der Waals surface area contributed by atoms with Gasteiger partial charge in [-0.1, -0.05) is 44.2 Å². The van der Waals surface area contributed by atoms with Crippen LogP contribution in [0.4, 0.5) is 0 Å². The number of nitrogens with zero attached hydrogens (tertiary/aromatic N) is 1. The smallest absolute Gasteiger partial charge is 0.190 e. The lowest BCUT2D eigenvalue weighted by atomic mass is 10.2. The second-order valence-electron chi connectivity index (χ2n) is 5.48. The molecular weight excluding hydrogens is 262 g/mol. The molecule has 0 unspecified atom stereocenters. The van der Waals surface area contributed by atoms with E-state index >= 15 is 0 Å². The van der Waals surface area contributed by atoms with E-state index in [2.05, 4.69) is 53.7 Å². The third kappa shape index (κ3) is 9.08. The molecule has 118 valence electrons. The summed E-state index contributed by atoms with van der Waals surface area (Å²) >= 11 is 0. The molecule has 1 aromatic rings. The topological polar surface area (TPSA) is 45.7 Å². The van der Waals surface area contributed by atoms with Crippen molar-refractivity contribution in [3.63, 3.8) is 0 Å². The summed E-state index contributed by atoms with van der Waals surface area (Å²) in [4.78, 5) is 4.19. The van der Waals surface area contributed by atoms with Gasteiger partial charge >= 0.3 is 0 Å². The maximum atomic E-state index is 5.65. The molecular formula is C17H29N3O. The van der Waals surface area contributed by atoms with Crippen molar-refractivity contribution in [2.45, 2.75) is 26.7 Å². The minimum atomic E-state index is 0.616. The van der Waals surface area contributed by atoms with Crippen molar-refractivity contribution in [2.24, 2.45) is 10.9 Å². The van der Waals surface area contributed by atoms with Crippen LogP contribution in [-0.4, -0.2) is 39.3 Å². The van der Waals surface area contributed by atoms with Gasteiger partial charge in [-0.3, -0.25) is 4.99 Å². The van der Waals surface area contributed by atoms with Gasteiger partial charge in [-0.15, -0.1) is 0 Å². The first-order valence-electron chi connectivity index (χ1n) is 7.78. The molecule has 0 bridgehead atoms. The Bertz CT molecular complexity index is 390. The zero-order valence-electron chi connectivity index (χ0n) is 13.6. The monoisotopic (exact) mass is 291 g/mol. The zero-order valence-corrected chi connectivity index (χ0v) is 13.6. The number of benzene rings is 1. The lowest BCUT2D eigenvalue weighted by molar-refractivity contribution is 0.135. The quantitative estimate of drug-likeness (QED) is 0.417. The molecule has 0 fully saturated rings. The van der Waals surface area contributed by atoms with E-state index in [0.717, 1.165) is 45.1 Å². The second kappa shape index (κ2) is 11.1. The molecule has 0 aliphatic heterocycles. The van der Waals surface area contributed by atoms with E-state index in [1.165, 1.54) is 5.56 Å². The zero-order chi connectivity index (χ0) is 15.3. The molecule has 0 radical (unpaired) electrons. The molecule has 0 atom stereocenters. The second-order valence-corrected chi connectivity index (χ2v) is 5.48. The Hall–Kier alpha value is -1.55. The van der Waals surface area contributed by atoms with Crippen molar-refractivity contribution in [3.05, 3.63) is 35.9 Å². The minimum absolute atomic E-state index is 0.616. The average Bonchev–Trinajstić information content (AvgIpc) is 2.50. The number of guanidine groups is 1. The van der Waals surface area contributed by atoms with E-state index in [-0.39, 0.29) is 0 Å². The third-order valence-corrected chi connectivity index (χ3v) is 3.04. The van der Waals surface area contributed by atoms with Gasteiger partial charge in [-0.2, -0.15) is 0 Å². The summed E-state index contributed by atoms with van der Waals surface area (Å²) in [6, 6.07) is 10.4. The predicted molar refractivity (Wildman–Crippen MR) is 89.8 cm³/mol. The molecule has 4 heteroatoms. The largest absolute Gasteiger partial charge is 0.381 e. The molecule has 4 nitrogen and oxygen atoms in total. The lowest BCUT2D eigenvalue weighted by Crippen LogP contribution is -2.39. The van der Waals surface area contributed by atoms with Crippen LogP contribution in [0.3, 0.4) is 0 Å². The molecule has 1 aromatic carbocycles. The highest BCUT2D eigenvalue weighted by Crippen LogP contribution is 1.99. The summed E-state index contributed by atoms with van der Waals surface area (Å²) < 4.78 is 5.65. The van der Waals surface area contributed by atoms with Crippen molar-refractivity contribution in [2.75, 3.05) is 33.4 Å². The first kappa shape index (κ1) is 17.5. The fraction of sp³-hybridized carbons (Fsp3) is 0.588. The van der Waals surface area contributed by atoms with E-state index in [4.69, 9.17) is 4.74 Å². The normalized spacial score (nSPS) is 11.7. The molecule has 0 saturated heterocycles. The van der Waals surface area contributed by atoms with Crippen LogP contribution in [-0.2, 0) is 11.2 Å². The van der Waals surface area contributed by atoms with Crippen LogP contribution in [0.1, 0.15) is 25.8 Å². The van der Waals surface area contributed by atoms with Gasteiger partial charge in [0.05, 0.1) is 6.61 Å². The van der Waals surface area contributed by atoms with Crippen LogP contribution in [0.25, 0.3) is 0 Å². The number of hydrogen-bond donors (Lipinski definition) is 2. The standard InChI is InChI=1S/C17H29N3O/c1-15(2)14-20-17(18-3)19-11-7-12-21-13-10-16-8-5-4-6-9-16/h4-6,8-9,15H,7,10-14H2,1-3H3,(H2,18,19,20). The lowest BCUT2D eigenvalue weighted by Gasteiger charge is -2.13.